The number of carbonyl (C=O) groups is 2. The van der Waals surface area contributed by atoms with Crippen LogP contribution < -0.4 is 9.64 Å². The second-order valence-corrected chi connectivity index (χ2v) is 15.8. The van der Waals surface area contributed by atoms with Crippen LogP contribution in [0.1, 0.15) is 87.3 Å². The number of piperidine rings is 1. The first-order valence-corrected chi connectivity index (χ1v) is 18.8. The molecule has 3 saturated heterocycles. The minimum absolute atomic E-state index is 0.0334. The monoisotopic (exact) mass is 714 g/mol. The molecule has 3 aliphatic heterocycles. The number of ether oxygens (including phenoxy) is 1. The first-order valence-electron chi connectivity index (χ1n) is 18.8. The molecule has 11 heteroatoms. The van der Waals surface area contributed by atoms with Gasteiger partial charge in [0, 0.05) is 82.8 Å². The van der Waals surface area contributed by atoms with Crippen LogP contribution in [-0.4, -0.2) is 98.7 Å². The van der Waals surface area contributed by atoms with Gasteiger partial charge in [-0.3, -0.25) is 14.5 Å². The Morgan fingerprint density at radius 1 is 0.941 bits per heavy atom. The summed E-state index contributed by atoms with van der Waals surface area (Å²) in [4.78, 5) is 34.7. The van der Waals surface area contributed by atoms with Crippen LogP contribution in [0.4, 0.5) is 23.2 Å². The van der Waals surface area contributed by atoms with Gasteiger partial charge >= 0.3 is 6.18 Å². The van der Waals surface area contributed by atoms with Gasteiger partial charge in [-0.05, 0) is 85.8 Å². The number of hydrogen-bond donors (Lipinski definition) is 0. The van der Waals surface area contributed by atoms with Gasteiger partial charge in [0.05, 0.1) is 12.7 Å². The zero-order valence-electron chi connectivity index (χ0n) is 30.7. The SMILES string of the molecule is CC[C@H]1CN(C(=O)[C@]2(F)CN([C@H]3CC[C@H](C)CC3)C[C@H]2c2ccc(OC)cc2)C[C@@H]1c1ccc(C(F)(F)F)cc1N1CCC(C(=O)N(C)C)CC1. The van der Waals surface area contributed by atoms with Crippen LogP contribution in [0, 0.1) is 17.8 Å². The number of carbonyl (C=O) groups excluding carboxylic acids is 2. The number of alkyl halides is 4. The molecule has 1 aliphatic carbocycles. The van der Waals surface area contributed by atoms with Crippen molar-refractivity contribution in [2.75, 3.05) is 65.4 Å². The Morgan fingerprint density at radius 3 is 2.20 bits per heavy atom. The van der Waals surface area contributed by atoms with Crippen LogP contribution in [0.2, 0.25) is 0 Å². The molecule has 280 valence electrons. The van der Waals surface area contributed by atoms with Crippen molar-refractivity contribution in [3.63, 3.8) is 0 Å². The number of methoxy groups -OCH3 is 1. The van der Waals surface area contributed by atoms with E-state index in [0.717, 1.165) is 42.9 Å². The molecule has 7 nitrogen and oxygen atoms in total. The molecule has 2 aromatic carbocycles. The van der Waals surface area contributed by atoms with Crippen molar-refractivity contribution >= 4 is 17.5 Å². The van der Waals surface area contributed by atoms with Crippen molar-refractivity contribution in [2.45, 2.75) is 88.5 Å². The Hall–Kier alpha value is -3.34. The summed E-state index contributed by atoms with van der Waals surface area (Å²) in [5, 5.41) is 0. The summed E-state index contributed by atoms with van der Waals surface area (Å²) in [6.07, 6.45) is 1.43. The number of likely N-dealkylation sites (tertiary alicyclic amines) is 2. The van der Waals surface area contributed by atoms with Gasteiger partial charge in [-0.25, -0.2) is 4.39 Å². The molecule has 4 fully saturated rings. The lowest BCUT2D eigenvalue weighted by molar-refractivity contribution is -0.143. The Labute approximate surface area is 300 Å². The quantitative estimate of drug-likeness (QED) is 0.268. The maximum atomic E-state index is 17.8. The topological polar surface area (TPSA) is 56.3 Å². The van der Waals surface area contributed by atoms with E-state index in [1.165, 1.54) is 6.07 Å². The summed E-state index contributed by atoms with van der Waals surface area (Å²) in [7, 11) is 5.03. The third kappa shape index (κ3) is 7.60. The number of hydrogen-bond acceptors (Lipinski definition) is 5. The highest BCUT2D eigenvalue weighted by molar-refractivity contribution is 5.88. The molecule has 2 aromatic rings. The third-order valence-electron chi connectivity index (χ3n) is 12.4. The maximum absolute atomic E-state index is 17.8. The van der Waals surface area contributed by atoms with Gasteiger partial charge in [0.2, 0.25) is 11.6 Å². The van der Waals surface area contributed by atoms with Gasteiger partial charge in [-0.2, -0.15) is 13.2 Å². The van der Waals surface area contributed by atoms with Gasteiger partial charge in [-0.1, -0.05) is 38.5 Å². The molecule has 4 aliphatic rings. The van der Waals surface area contributed by atoms with E-state index in [1.807, 2.05) is 36.1 Å². The minimum Gasteiger partial charge on any atom is -0.497 e. The van der Waals surface area contributed by atoms with E-state index >= 15 is 4.39 Å². The summed E-state index contributed by atoms with van der Waals surface area (Å²) in [5.74, 6) is -0.292. The summed E-state index contributed by atoms with van der Waals surface area (Å²) in [6, 6.07) is 11.5. The number of amides is 2. The van der Waals surface area contributed by atoms with Crippen molar-refractivity contribution in [1.82, 2.24) is 14.7 Å². The summed E-state index contributed by atoms with van der Waals surface area (Å²) in [6.45, 7) is 6.28. The molecule has 4 atom stereocenters. The zero-order valence-corrected chi connectivity index (χ0v) is 30.7. The largest absolute Gasteiger partial charge is 0.497 e. The summed E-state index contributed by atoms with van der Waals surface area (Å²) in [5.41, 5.74) is -0.842. The van der Waals surface area contributed by atoms with Crippen molar-refractivity contribution in [1.29, 1.82) is 0 Å². The van der Waals surface area contributed by atoms with Crippen LogP contribution in [0.3, 0.4) is 0 Å². The Kier molecular flexibility index (Phi) is 11.0. The highest BCUT2D eigenvalue weighted by Gasteiger charge is 2.57. The molecule has 0 bridgehead atoms. The van der Waals surface area contributed by atoms with Crippen LogP contribution in [0.25, 0.3) is 0 Å². The highest BCUT2D eigenvalue weighted by Crippen LogP contribution is 2.47. The number of halogens is 4. The van der Waals surface area contributed by atoms with E-state index in [0.29, 0.717) is 62.8 Å². The molecule has 2 amide bonds. The summed E-state index contributed by atoms with van der Waals surface area (Å²) >= 11 is 0. The van der Waals surface area contributed by atoms with Crippen molar-refractivity contribution in [3.8, 4) is 5.75 Å². The van der Waals surface area contributed by atoms with Crippen LogP contribution >= 0.6 is 0 Å². The summed E-state index contributed by atoms with van der Waals surface area (Å²) < 4.78 is 65.3. The van der Waals surface area contributed by atoms with E-state index in [2.05, 4.69) is 11.8 Å². The lowest BCUT2D eigenvalue weighted by Gasteiger charge is -2.36. The molecule has 0 spiro atoms. The average molecular weight is 715 g/mol. The fourth-order valence-corrected chi connectivity index (χ4v) is 9.26. The first-order chi connectivity index (χ1) is 24.2. The van der Waals surface area contributed by atoms with E-state index in [9.17, 15) is 22.8 Å². The third-order valence-corrected chi connectivity index (χ3v) is 12.4. The fraction of sp³-hybridized carbons (Fsp3) is 0.650. The standard InChI is InChI=1S/C40H54F4N4O3/c1-6-27-22-47(23-34(27)33-16-11-30(40(42,43)44)21-36(33)46-19-17-29(18-20-46)37(49)45(3)4)38(50)39(41)25-48(31-12-7-26(2)8-13-31)24-35(39)28-9-14-32(51-5)15-10-28/h9-11,14-16,21,26-27,29,31,34-35H,6-8,12-13,17-20,22-25H2,1-5H3/t26-,27-,31-,34-,35-,39-/m0/s1. The van der Waals surface area contributed by atoms with E-state index in [1.54, 1.807) is 37.1 Å². The normalized spacial score (nSPS) is 29.4. The Morgan fingerprint density at radius 2 is 1.61 bits per heavy atom. The number of rotatable bonds is 8. The van der Waals surface area contributed by atoms with Crippen molar-refractivity contribution in [2.24, 2.45) is 17.8 Å². The Bertz CT molecular complexity index is 1540. The molecular weight excluding hydrogens is 660 g/mol. The van der Waals surface area contributed by atoms with Crippen LogP contribution in [-0.2, 0) is 15.8 Å². The number of anilines is 1. The van der Waals surface area contributed by atoms with Crippen molar-refractivity contribution in [3.05, 3.63) is 59.2 Å². The molecule has 0 unspecified atom stereocenters. The Balaban J connectivity index is 1.28. The molecule has 1 saturated carbocycles. The lowest BCUT2D eigenvalue weighted by Crippen LogP contribution is -2.50. The second-order valence-electron chi connectivity index (χ2n) is 15.8. The van der Waals surface area contributed by atoms with Gasteiger partial charge in [0.1, 0.15) is 5.75 Å². The molecule has 0 N–H and O–H groups in total. The van der Waals surface area contributed by atoms with Gasteiger partial charge < -0.3 is 19.4 Å². The number of benzene rings is 2. The van der Waals surface area contributed by atoms with Gasteiger partial charge in [0.15, 0.2) is 0 Å². The molecule has 51 heavy (non-hydrogen) atoms. The van der Waals surface area contributed by atoms with E-state index < -0.39 is 29.2 Å². The van der Waals surface area contributed by atoms with E-state index in [-0.39, 0.29) is 42.8 Å². The fourth-order valence-electron chi connectivity index (χ4n) is 9.26. The number of nitrogens with zero attached hydrogens (tertiary/aromatic N) is 4. The smallest absolute Gasteiger partial charge is 0.416 e. The molecule has 3 heterocycles. The highest BCUT2D eigenvalue weighted by atomic mass is 19.4. The van der Waals surface area contributed by atoms with Crippen LogP contribution in [0.5, 0.6) is 5.75 Å². The van der Waals surface area contributed by atoms with E-state index in [4.69, 9.17) is 4.74 Å². The average Bonchev–Trinajstić information content (AvgIpc) is 3.72. The lowest BCUT2D eigenvalue weighted by atomic mass is 9.84. The maximum Gasteiger partial charge on any atom is 0.416 e. The predicted molar refractivity (Wildman–Crippen MR) is 191 cm³/mol. The van der Waals surface area contributed by atoms with Crippen LogP contribution in [0.15, 0.2) is 42.5 Å². The van der Waals surface area contributed by atoms with Gasteiger partial charge in [0.25, 0.3) is 5.91 Å². The predicted octanol–water partition coefficient (Wildman–Crippen LogP) is 7.36. The van der Waals surface area contributed by atoms with Crippen molar-refractivity contribution < 1.29 is 31.9 Å². The van der Waals surface area contributed by atoms with Gasteiger partial charge in [-0.15, -0.1) is 0 Å². The molecule has 0 radical (unpaired) electrons. The second kappa shape index (κ2) is 15.0. The zero-order chi connectivity index (χ0) is 36.7. The minimum atomic E-state index is -4.52. The molecule has 6 rings (SSSR count). The first kappa shape index (κ1) is 37.4. The molecule has 0 aromatic heterocycles. The molecular formula is C40H54F4N4O3.